The second-order valence-electron chi connectivity index (χ2n) is 4.34. The predicted molar refractivity (Wildman–Crippen MR) is 71.1 cm³/mol. The fraction of sp³-hybridized carbons (Fsp3) is 0.385. The molecule has 0 atom stereocenters. The molecule has 0 amide bonds. The highest BCUT2D eigenvalue weighted by molar-refractivity contribution is 5.89. The van der Waals surface area contributed by atoms with Gasteiger partial charge in [-0.15, -0.1) is 0 Å². The summed E-state index contributed by atoms with van der Waals surface area (Å²) in [6.45, 7) is 4.76. The lowest BCUT2D eigenvalue weighted by Crippen LogP contribution is -2.14. The molecule has 0 fully saturated rings. The predicted octanol–water partition coefficient (Wildman–Crippen LogP) is 1.95. The van der Waals surface area contributed by atoms with Gasteiger partial charge in [0, 0.05) is 17.8 Å². The Hall–Kier alpha value is -1.68. The maximum Gasteiger partial charge on any atom is 0.137 e. The largest absolute Gasteiger partial charge is 0.367 e. The molecule has 0 spiro atoms. The number of nitrogens with zero attached hydrogens (tertiary/aromatic N) is 2. The lowest BCUT2D eigenvalue weighted by molar-refractivity contribution is 0.855. The molecule has 1 aromatic carbocycles. The Kier molecular flexibility index (Phi) is 3.54. The van der Waals surface area contributed by atoms with Crippen molar-refractivity contribution < 1.29 is 0 Å². The fourth-order valence-corrected chi connectivity index (χ4v) is 1.75. The molecule has 2 aromatic rings. The van der Waals surface area contributed by atoms with Gasteiger partial charge in [-0.05, 0) is 32.5 Å². The van der Waals surface area contributed by atoms with Crippen LogP contribution < -0.4 is 11.1 Å². The van der Waals surface area contributed by atoms with Crippen molar-refractivity contribution in [1.29, 1.82) is 0 Å². The SMILES string of the molecule is CC(C)Nc1nc(CCN)nc2ccccc12. The van der Waals surface area contributed by atoms with E-state index in [9.17, 15) is 0 Å². The molecule has 4 heteroatoms. The van der Waals surface area contributed by atoms with E-state index in [1.807, 2.05) is 24.3 Å². The van der Waals surface area contributed by atoms with E-state index >= 15 is 0 Å². The lowest BCUT2D eigenvalue weighted by atomic mass is 10.2. The van der Waals surface area contributed by atoms with Crippen molar-refractivity contribution in [1.82, 2.24) is 9.97 Å². The summed E-state index contributed by atoms with van der Waals surface area (Å²) in [7, 11) is 0. The molecule has 0 aliphatic rings. The van der Waals surface area contributed by atoms with Crippen LogP contribution in [0.25, 0.3) is 10.9 Å². The Bertz CT molecular complexity index is 508. The summed E-state index contributed by atoms with van der Waals surface area (Å²) in [5, 5.41) is 4.41. The van der Waals surface area contributed by atoms with Gasteiger partial charge in [-0.2, -0.15) is 0 Å². The van der Waals surface area contributed by atoms with Gasteiger partial charge >= 0.3 is 0 Å². The van der Waals surface area contributed by atoms with Gasteiger partial charge in [0.05, 0.1) is 5.52 Å². The van der Waals surface area contributed by atoms with Gasteiger partial charge in [0.15, 0.2) is 0 Å². The van der Waals surface area contributed by atoms with E-state index in [0.717, 1.165) is 22.5 Å². The Morgan fingerprint density at radius 3 is 2.71 bits per heavy atom. The van der Waals surface area contributed by atoms with Gasteiger partial charge in [0.25, 0.3) is 0 Å². The summed E-state index contributed by atoms with van der Waals surface area (Å²) in [4.78, 5) is 9.03. The first-order valence-electron chi connectivity index (χ1n) is 5.93. The van der Waals surface area contributed by atoms with Crippen LogP contribution in [0, 0.1) is 0 Å². The molecule has 3 N–H and O–H groups in total. The van der Waals surface area contributed by atoms with E-state index in [-0.39, 0.29) is 0 Å². The van der Waals surface area contributed by atoms with Crippen molar-refractivity contribution >= 4 is 16.7 Å². The number of aromatic nitrogens is 2. The normalized spacial score (nSPS) is 11.1. The van der Waals surface area contributed by atoms with Gasteiger partial charge in [0.1, 0.15) is 11.6 Å². The molecule has 1 aromatic heterocycles. The third-order valence-electron chi connectivity index (χ3n) is 2.44. The zero-order chi connectivity index (χ0) is 12.3. The average molecular weight is 230 g/mol. The number of hydrogen-bond acceptors (Lipinski definition) is 4. The molecule has 0 saturated carbocycles. The van der Waals surface area contributed by atoms with Crippen molar-refractivity contribution in [3.63, 3.8) is 0 Å². The smallest absolute Gasteiger partial charge is 0.137 e. The van der Waals surface area contributed by atoms with Crippen molar-refractivity contribution in [2.45, 2.75) is 26.3 Å². The van der Waals surface area contributed by atoms with Gasteiger partial charge < -0.3 is 11.1 Å². The summed E-state index contributed by atoms with van der Waals surface area (Å²) < 4.78 is 0. The van der Waals surface area contributed by atoms with Gasteiger partial charge in [-0.1, -0.05) is 12.1 Å². The topological polar surface area (TPSA) is 63.8 Å². The highest BCUT2D eigenvalue weighted by atomic mass is 15.0. The number of benzene rings is 1. The molecule has 0 saturated heterocycles. The molecule has 0 aliphatic heterocycles. The minimum Gasteiger partial charge on any atom is -0.367 e. The number of nitrogens with one attached hydrogen (secondary N) is 1. The molecule has 0 aliphatic carbocycles. The molecular formula is C13H18N4. The minimum atomic E-state index is 0.346. The van der Waals surface area contributed by atoms with Crippen LogP contribution >= 0.6 is 0 Å². The number of anilines is 1. The van der Waals surface area contributed by atoms with E-state index in [2.05, 4.69) is 29.1 Å². The zero-order valence-electron chi connectivity index (χ0n) is 10.3. The molecule has 90 valence electrons. The van der Waals surface area contributed by atoms with Gasteiger partial charge in [-0.3, -0.25) is 0 Å². The van der Waals surface area contributed by atoms with Gasteiger partial charge in [-0.25, -0.2) is 9.97 Å². The van der Waals surface area contributed by atoms with Crippen LogP contribution in [0.15, 0.2) is 24.3 Å². The summed E-state index contributed by atoms with van der Waals surface area (Å²) >= 11 is 0. The molecular weight excluding hydrogens is 212 g/mol. The maximum atomic E-state index is 5.56. The number of hydrogen-bond donors (Lipinski definition) is 2. The van der Waals surface area contributed by atoms with Crippen LogP contribution in [0.3, 0.4) is 0 Å². The molecule has 0 radical (unpaired) electrons. The fourth-order valence-electron chi connectivity index (χ4n) is 1.75. The molecule has 0 unspecified atom stereocenters. The molecule has 2 rings (SSSR count). The summed E-state index contributed by atoms with van der Waals surface area (Å²) in [5.74, 6) is 1.70. The molecule has 17 heavy (non-hydrogen) atoms. The first-order valence-corrected chi connectivity index (χ1v) is 5.93. The zero-order valence-corrected chi connectivity index (χ0v) is 10.3. The third kappa shape index (κ3) is 2.71. The Morgan fingerprint density at radius 1 is 1.24 bits per heavy atom. The second kappa shape index (κ2) is 5.10. The van der Waals surface area contributed by atoms with Crippen molar-refractivity contribution in [2.75, 3.05) is 11.9 Å². The van der Waals surface area contributed by atoms with Crippen LogP contribution in [0.2, 0.25) is 0 Å². The van der Waals surface area contributed by atoms with Crippen molar-refractivity contribution in [2.24, 2.45) is 5.73 Å². The first kappa shape index (κ1) is 11.8. The van der Waals surface area contributed by atoms with Crippen LogP contribution in [-0.4, -0.2) is 22.6 Å². The molecule has 0 bridgehead atoms. The monoisotopic (exact) mass is 230 g/mol. The summed E-state index contributed by atoms with van der Waals surface area (Å²) in [6.07, 6.45) is 0.706. The van der Waals surface area contributed by atoms with E-state index in [1.165, 1.54) is 0 Å². The van der Waals surface area contributed by atoms with Crippen LogP contribution in [0.4, 0.5) is 5.82 Å². The Morgan fingerprint density at radius 2 is 2.00 bits per heavy atom. The second-order valence-corrected chi connectivity index (χ2v) is 4.34. The number of nitrogens with two attached hydrogens (primary N) is 1. The maximum absolute atomic E-state index is 5.56. The lowest BCUT2D eigenvalue weighted by Gasteiger charge is -2.12. The van der Waals surface area contributed by atoms with Crippen molar-refractivity contribution in [3.8, 4) is 0 Å². The van der Waals surface area contributed by atoms with E-state index in [4.69, 9.17) is 5.73 Å². The van der Waals surface area contributed by atoms with E-state index in [1.54, 1.807) is 0 Å². The van der Waals surface area contributed by atoms with Crippen LogP contribution in [0.1, 0.15) is 19.7 Å². The van der Waals surface area contributed by atoms with E-state index < -0.39 is 0 Å². The summed E-state index contributed by atoms with van der Waals surface area (Å²) in [6, 6.07) is 8.37. The van der Waals surface area contributed by atoms with Gasteiger partial charge in [0.2, 0.25) is 0 Å². The van der Waals surface area contributed by atoms with Crippen molar-refractivity contribution in [3.05, 3.63) is 30.1 Å². The number of fused-ring (bicyclic) bond motifs is 1. The molecule has 4 nitrogen and oxygen atoms in total. The van der Waals surface area contributed by atoms with Crippen LogP contribution in [-0.2, 0) is 6.42 Å². The first-order chi connectivity index (χ1) is 8.20. The summed E-state index contributed by atoms with van der Waals surface area (Å²) in [5.41, 5.74) is 6.52. The highest BCUT2D eigenvalue weighted by Gasteiger charge is 2.07. The Labute approximate surface area is 101 Å². The van der Waals surface area contributed by atoms with E-state index in [0.29, 0.717) is 19.0 Å². The minimum absolute atomic E-state index is 0.346. The third-order valence-corrected chi connectivity index (χ3v) is 2.44. The number of rotatable bonds is 4. The molecule has 1 heterocycles. The Balaban J connectivity index is 2.52. The quantitative estimate of drug-likeness (QED) is 0.842. The highest BCUT2D eigenvalue weighted by Crippen LogP contribution is 2.20. The standard InChI is InChI=1S/C13H18N4/c1-9(2)15-13-10-5-3-4-6-11(10)16-12(17-13)7-8-14/h3-6,9H,7-8,14H2,1-2H3,(H,15,16,17). The average Bonchev–Trinajstić information content (AvgIpc) is 2.29. The van der Waals surface area contributed by atoms with Crippen LogP contribution in [0.5, 0.6) is 0 Å². The number of para-hydroxylation sites is 1.